The predicted octanol–water partition coefficient (Wildman–Crippen LogP) is 3.02. The van der Waals surface area contributed by atoms with Crippen molar-refractivity contribution in [2.45, 2.75) is 0 Å². The van der Waals surface area contributed by atoms with Gasteiger partial charge in [0.25, 0.3) is 0 Å². The molecule has 0 unspecified atom stereocenters. The van der Waals surface area contributed by atoms with Gasteiger partial charge in [-0.25, -0.2) is 9.78 Å². The van der Waals surface area contributed by atoms with Crippen LogP contribution in [-0.2, 0) is 0 Å². The third kappa shape index (κ3) is 2.77. The van der Waals surface area contributed by atoms with Crippen molar-refractivity contribution in [3.8, 4) is 5.75 Å². The number of carbonyl (C=O) groups is 1. The summed E-state index contributed by atoms with van der Waals surface area (Å²) in [6, 6.07) is 10.2. The second-order valence-electron chi connectivity index (χ2n) is 7.43. The van der Waals surface area contributed by atoms with Crippen LogP contribution < -0.4 is 14.5 Å². The average Bonchev–Trinajstić information content (AvgIpc) is 2.58. The second kappa shape index (κ2) is 5.99. The molecule has 0 N–H and O–H groups in total. The summed E-state index contributed by atoms with van der Waals surface area (Å²) in [5.41, 5.74) is 0.856. The first-order valence-corrected chi connectivity index (χ1v) is 9.27. The number of fused-ring (bicyclic) bond motifs is 1. The molecule has 8 heteroatoms. The monoisotopic (exact) mass is 388 g/mol. The molecule has 1 spiro atoms. The minimum atomic E-state index is -0.468. The van der Waals surface area contributed by atoms with Gasteiger partial charge < -0.3 is 14.5 Å². The van der Waals surface area contributed by atoms with E-state index in [9.17, 15) is 9.18 Å². The van der Waals surface area contributed by atoms with Crippen molar-refractivity contribution in [2.24, 2.45) is 5.41 Å². The molecule has 0 radical (unpaired) electrons. The van der Waals surface area contributed by atoms with Crippen LogP contribution in [-0.4, -0.2) is 55.2 Å². The summed E-state index contributed by atoms with van der Waals surface area (Å²) in [5, 5.41) is 0.589. The average molecular weight is 389 g/mol. The van der Waals surface area contributed by atoms with Gasteiger partial charge in [-0.2, -0.15) is 4.39 Å². The smallest absolute Gasteiger partial charge is 0.324 e. The summed E-state index contributed by atoms with van der Waals surface area (Å²) in [6.45, 7) is 3.98. The van der Waals surface area contributed by atoms with Crippen LogP contribution in [0.1, 0.15) is 0 Å². The van der Waals surface area contributed by atoms with Crippen LogP contribution in [0.2, 0.25) is 5.02 Å². The van der Waals surface area contributed by atoms with E-state index in [0.717, 1.165) is 18.8 Å². The quantitative estimate of drug-likeness (QED) is 0.705. The number of pyridine rings is 1. The van der Waals surface area contributed by atoms with Crippen LogP contribution >= 0.6 is 11.6 Å². The largest absolute Gasteiger partial charge is 0.489 e. The van der Waals surface area contributed by atoms with Crippen molar-refractivity contribution < 1.29 is 13.9 Å². The summed E-state index contributed by atoms with van der Waals surface area (Å²) in [4.78, 5) is 22.5. The Morgan fingerprint density at radius 1 is 1.19 bits per heavy atom. The Hall–Kier alpha value is -2.54. The molecular weight excluding hydrogens is 371 g/mol. The highest BCUT2D eigenvalue weighted by molar-refractivity contribution is 6.30. The van der Waals surface area contributed by atoms with E-state index in [4.69, 9.17) is 16.3 Å². The fourth-order valence-corrected chi connectivity index (χ4v) is 4.32. The topological polar surface area (TPSA) is 48.9 Å². The first-order valence-electron chi connectivity index (χ1n) is 8.89. The number of hydrogen-bond acceptors (Lipinski definition) is 4. The van der Waals surface area contributed by atoms with Crippen LogP contribution in [0.3, 0.4) is 0 Å². The minimum Gasteiger partial charge on any atom is -0.489 e. The Morgan fingerprint density at radius 3 is 2.78 bits per heavy atom. The SMILES string of the molecule is O=C(N1CC2(C1)CN(c1cccc(F)n1)C2)N1CCOc2cc(Cl)ccc21. The maximum absolute atomic E-state index is 13.3. The first kappa shape index (κ1) is 16.6. The molecule has 0 atom stereocenters. The first-order chi connectivity index (χ1) is 13.0. The molecular formula is C19H18ClFN4O2. The van der Waals surface area contributed by atoms with Gasteiger partial charge in [-0.3, -0.25) is 4.90 Å². The number of amides is 2. The predicted molar refractivity (Wildman–Crippen MR) is 100 cm³/mol. The molecule has 0 saturated carbocycles. The van der Waals surface area contributed by atoms with Crippen LogP contribution in [0.4, 0.5) is 20.7 Å². The lowest BCUT2D eigenvalue weighted by Gasteiger charge is -2.60. The number of aromatic nitrogens is 1. The summed E-state index contributed by atoms with van der Waals surface area (Å²) in [6.07, 6.45) is 0. The van der Waals surface area contributed by atoms with E-state index in [1.54, 1.807) is 23.1 Å². The van der Waals surface area contributed by atoms with Crippen molar-refractivity contribution in [1.29, 1.82) is 0 Å². The molecule has 27 heavy (non-hydrogen) atoms. The minimum absolute atomic E-state index is 0.00479. The lowest BCUT2D eigenvalue weighted by molar-refractivity contribution is 0.00922. The van der Waals surface area contributed by atoms with Gasteiger partial charge >= 0.3 is 6.03 Å². The Kier molecular flexibility index (Phi) is 3.69. The van der Waals surface area contributed by atoms with Crippen molar-refractivity contribution in [3.63, 3.8) is 0 Å². The molecule has 0 bridgehead atoms. The van der Waals surface area contributed by atoms with E-state index < -0.39 is 5.95 Å². The van der Waals surface area contributed by atoms with Crippen LogP contribution in [0, 0.1) is 11.4 Å². The van der Waals surface area contributed by atoms with Crippen molar-refractivity contribution in [3.05, 3.63) is 47.4 Å². The molecule has 3 aliphatic rings. The molecule has 1 aromatic heterocycles. The number of nitrogens with zero attached hydrogens (tertiary/aromatic N) is 4. The molecule has 2 saturated heterocycles. The third-order valence-electron chi connectivity index (χ3n) is 5.42. The van der Waals surface area contributed by atoms with Gasteiger partial charge in [0.05, 0.1) is 12.2 Å². The molecule has 140 valence electrons. The van der Waals surface area contributed by atoms with Crippen molar-refractivity contribution >= 4 is 29.1 Å². The molecule has 2 fully saturated rings. The number of ether oxygens (including phenoxy) is 1. The Balaban J connectivity index is 1.23. The fraction of sp³-hybridized carbons (Fsp3) is 0.368. The number of anilines is 2. The lowest BCUT2D eigenvalue weighted by atomic mass is 9.73. The summed E-state index contributed by atoms with van der Waals surface area (Å²) >= 11 is 6.02. The zero-order valence-electron chi connectivity index (χ0n) is 14.6. The second-order valence-corrected chi connectivity index (χ2v) is 7.86. The molecule has 3 aliphatic heterocycles. The highest BCUT2D eigenvalue weighted by Crippen LogP contribution is 2.43. The number of benzene rings is 1. The standard InChI is InChI=1S/C19H18ClFN4O2/c20-13-4-5-14-15(8-13)27-7-6-25(14)18(26)24-11-19(12-24)9-23(10-19)17-3-1-2-16(21)22-17/h1-5,8H,6-7,9-12H2. The van der Waals surface area contributed by atoms with Crippen LogP contribution in [0.25, 0.3) is 0 Å². The van der Waals surface area contributed by atoms with E-state index in [-0.39, 0.29) is 11.4 Å². The Bertz CT molecular complexity index is 910. The third-order valence-corrected chi connectivity index (χ3v) is 5.65. The normalized spacial score (nSPS) is 19.9. The number of halogens is 2. The van der Waals surface area contributed by atoms with E-state index in [0.29, 0.717) is 42.8 Å². The molecule has 4 heterocycles. The molecule has 2 aromatic rings. The number of urea groups is 1. The highest BCUT2D eigenvalue weighted by atomic mass is 35.5. The van der Waals surface area contributed by atoms with Crippen LogP contribution in [0.15, 0.2) is 36.4 Å². The molecule has 0 aliphatic carbocycles. The Labute approximate surface area is 161 Å². The van der Waals surface area contributed by atoms with Gasteiger partial charge in [-0.1, -0.05) is 17.7 Å². The highest BCUT2D eigenvalue weighted by Gasteiger charge is 2.54. The fourth-order valence-electron chi connectivity index (χ4n) is 4.16. The van der Waals surface area contributed by atoms with Crippen LogP contribution in [0.5, 0.6) is 5.75 Å². The molecule has 2 amide bonds. The number of rotatable bonds is 1. The van der Waals surface area contributed by atoms with Gasteiger partial charge in [-0.05, 0) is 24.3 Å². The molecule has 6 nitrogen and oxygen atoms in total. The summed E-state index contributed by atoms with van der Waals surface area (Å²) < 4.78 is 18.9. The van der Waals surface area contributed by atoms with Crippen molar-refractivity contribution in [1.82, 2.24) is 9.88 Å². The van der Waals surface area contributed by atoms with Gasteiger partial charge in [0.15, 0.2) is 0 Å². The lowest BCUT2D eigenvalue weighted by Crippen LogP contribution is -2.74. The molecule has 5 rings (SSSR count). The maximum Gasteiger partial charge on any atom is 0.324 e. The number of likely N-dealkylation sites (tertiary alicyclic amines) is 1. The van der Waals surface area contributed by atoms with E-state index in [1.807, 2.05) is 17.0 Å². The van der Waals surface area contributed by atoms with Gasteiger partial charge in [0.1, 0.15) is 18.2 Å². The zero-order valence-corrected chi connectivity index (χ0v) is 15.3. The van der Waals surface area contributed by atoms with E-state index >= 15 is 0 Å². The van der Waals surface area contributed by atoms with Gasteiger partial charge in [0.2, 0.25) is 5.95 Å². The van der Waals surface area contributed by atoms with E-state index in [1.165, 1.54) is 6.07 Å². The maximum atomic E-state index is 13.3. The van der Waals surface area contributed by atoms with Gasteiger partial charge in [0, 0.05) is 42.7 Å². The Morgan fingerprint density at radius 2 is 2.00 bits per heavy atom. The molecule has 1 aromatic carbocycles. The van der Waals surface area contributed by atoms with Crippen molar-refractivity contribution in [2.75, 3.05) is 49.1 Å². The van der Waals surface area contributed by atoms with Gasteiger partial charge in [-0.15, -0.1) is 0 Å². The zero-order chi connectivity index (χ0) is 18.6. The number of hydrogen-bond donors (Lipinski definition) is 0. The number of carbonyl (C=O) groups excluding carboxylic acids is 1. The summed E-state index contributed by atoms with van der Waals surface area (Å²) in [5.74, 6) is 0.832. The van der Waals surface area contributed by atoms with E-state index in [2.05, 4.69) is 9.88 Å². The summed E-state index contributed by atoms with van der Waals surface area (Å²) in [7, 11) is 0.